The van der Waals surface area contributed by atoms with E-state index in [0.29, 0.717) is 12.1 Å². The van der Waals surface area contributed by atoms with Crippen LogP contribution in [0.3, 0.4) is 0 Å². The minimum absolute atomic E-state index is 0. The van der Waals surface area contributed by atoms with E-state index in [-0.39, 0.29) is 58.9 Å². The van der Waals surface area contributed by atoms with Gasteiger partial charge in [0.2, 0.25) is 11.8 Å². The second-order valence-electron chi connectivity index (χ2n) is 6.03. The first-order chi connectivity index (χ1) is 9.18. The van der Waals surface area contributed by atoms with Gasteiger partial charge in [0.05, 0.1) is 0 Å². The Morgan fingerprint density at radius 2 is 1.18 bits per heavy atom. The molecule has 126 valence electrons. The largest absolute Gasteiger partial charge is 2.00 e. The number of carbonyl (C=O) groups excluding carboxylic acids is 2. The van der Waals surface area contributed by atoms with E-state index >= 15 is 0 Å². The molecule has 2 aliphatic rings. The van der Waals surface area contributed by atoms with Gasteiger partial charge in [0.25, 0.3) is 0 Å². The van der Waals surface area contributed by atoms with Gasteiger partial charge in [-0.1, -0.05) is 38.5 Å². The summed E-state index contributed by atoms with van der Waals surface area (Å²) in [5.41, 5.74) is 5.20. The number of rotatable bonds is 4. The summed E-state index contributed by atoms with van der Waals surface area (Å²) < 4.78 is 0. The molecule has 0 aromatic carbocycles. The van der Waals surface area contributed by atoms with E-state index < -0.39 is 5.91 Å². The first-order valence-corrected chi connectivity index (χ1v) is 7.78. The molecule has 0 atom stereocenters. The van der Waals surface area contributed by atoms with E-state index in [4.69, 9.17) is 5.73 Å². The van der Waals surface area contributed by atoms with E-state index in [1.807, 2.05) is 4.90 Å². The van der Waals surface area contributed by atoms with Crippen LogP contribution in [-0.4, -0.2) is 28.8 Å². The molecule has 0 aliphatic heterocycles. The molecule has 0 aromatic rings. The van der Waals surface area contributed by atoms with E-state index in [1.54, 1.807) is 0 Å². The average Bonchev–Trinajstić information content (AvgIpc) is 2.40. The summed E-state index contributed by atoms with van der Waals surface area (Å²) in [6.45, 7) is 0. The van der Waals surface area contributed by atoms with Gasteiger partial charge in [-0.2, -0.15) is 0 Å². The van der Waals surface area contributed by atoms with Crippen LogP contribution in [0.5, 0.6) is 0 Å². The molecule has 0 bridgehead atoms. The van der Waals surface area contributed by atoms with Gasteiger partial charge in [-0.15, -0.1) is 0 Å². The van der Waals surface area contributed by atoms with E-state index in [1.165, 1.54) is 38.5 Å². The van der Waals surface area contributed by atoms with E-state index in [9.17, 15) is 9.59 Å². The second kappa shape index (κ2) is 12.6. The molecule has 0 aromatic heterocycles. The normalized spacial score (nSPS) is 19.1. The average molecular weight is 385 g/mol. The Bertz CT molecular complexity index is 316. The molecule has 0 spiro atoms. The van der Waals surface area contributed by atoms with Gasteiger partial charge in [0, 0.05) is 12.1 Å². The van der Waals surface area contributed by atoms with Crippen molar-refractivity contribution in [3.63, 3.8) is 0 Å². The fourth-order valence-electron chi connectivity index (χ4n) is 3.66. The van der Waals surface area contributed by atoms with Gasteiger partial charge in [0.15, 0.2) is 0 Å². The third-order valence-corrected chi connectivity index (χ3v) is 4.55. The topological polar surface area (TPSA) is 63.4 Å². The van der Waals surface area contributed by atoms with Gasteiger partial charge < -0.3 is 35.4 Å². The van der Waals surface area contributed by atoms with Crippen molar-refractivity contribution in [3.05, 3.63) is 0 Å². The SMILES string of the molecule is NC(=O)CC(=O)N(C1CCCCC1)C1CCCCC1.[Cl-].[Cl-].[Ti+2]. The van der Waals surface area contributed by atoms with Crippen LogP contribution in [0, 0.1) is 0 Å². The predicted molar refractivity (Wildman–Crippen MR) is 74.4 cm³/mol. The number of nitrogens with two attached hydrogens (primary N) is 1. The molecule has 0 radical (unpaired) electrons. The Kier molecular flexibility index (Phi) is 14.1. The Morgan fingerprint density at radius 1 is 0.818 bits per heavy atom. The monoisotopic (exact) mass is 384 g/mol. The number of carbonyl (C=O) groups is 2. The first-order valence-electron chi connectivity index (χ1n) is 7.78. The van der Waals surface area contributed by atoms with Crippen LogP contribution in [0.15, 0.2) is 0 Å². The van der Waals surface area contributed by atoms with E-state index in [2.05, 4.69) is 0 Å². The number of nitrogens with zero attached hydrogens (tertiary/aromatic N) is 1. The molecule has 2 N–H and O–H groups in total. The summed E-state index contributed by atoms with van der Waals surface area (Å²) in [5, 5.41) is 0. The fraction of sp³-hybridized carbons (Fsp3) is 0.867. The van der Waals surface area contributed by atoms with Crippen LogP contribution < -0.4 is 30.5 Å². The molecular formula is C15H26Cl2N2O2Ti. The second-order valence-corrected chi connectivity index (χ2v) is 6.03. The summed E-state index contributed by atoms with van der Waals surface area (Å²) in [5.74, 6) is -0.534. The maximum absolute atomic E-state index is 12.4. The van der Waals surface area contributed by atoms with Crippen LogP contribution in [0.2, 0.25) is 0 Å². The zero-order chi connectivity index (χ0) is 13.7. The van der Waals surface area contributed by atoms with E-state index in [0.717, 1.165) is 25.7 Å². The number of amides is 2. The standard InChI is InChI=1S/C15H26N2O2.2ClH.Ti/c16-14(18)11-15(19)17(12-7-3-1-4-8-12)13-9-5-2-6-10-13;;;/h12-13H,1-11H2,(H2,16,18);2*1H;/q;;;+2/p-2. The molecule has 0 unspecified atom stereocenters. The minimum Gasteiger partial charge on any atom is -1.00 e. The molecule has 2 rings (SSSR count). The first kappa shape index (κ1) is 24.5. The summed E-state index contributed by atoms with van der Waals surface area (Å²) in [6.07, 6.45) is 11.7. The molecule has 0 saturated heterocycles. The van der Waals surface area contributed by atoms with Crippen molar-refractivity contribution in [2.45, 2.75) is 82.7 Å². The smallest absolute Gasteiger partial charge is 1.00 e. The van der Waals surface area contributed by atoms with Crippen LogP contribution >= 0.6 is 0 Å². The number of halogens is 2. The van der Waals surface area contributed by atoms with Crippen molar-refractivity contribution in [3.8, 4) is 0 Å². The Hall–Kier alpha value is 0.234. The zero-order valence-corrected chi connectivity index (χ0v) is 16.1. The summed E-state index contributed by atoms with van der Waals surface area (Å²) in [7, 11) is 0. The molecule has 2 amide bonds. The molecule has 2 saturated carbocycles. The summed E-state index contributed by atoms with van der Waals surface area (Å²) >= 11 is 0. The van der Waals surface area contributed by atoms with Crippen molar-refractivity contribution >= 4 is 11.8 Å². The molecule has 4 nitrogen and oxygen atoms in total. The quantitative estimate of drug-likeness (QED) is 0.401. The van der Waals surface area contributed by atoms with Crippen molar-refractivity contribution in [2.24, 2.45) is 5.73 Å². The predicted octanol–water partition coefficient (Wildman–Crippen LogP) is -3.64. The van der Waals surface area contributed by atoms with Crippen molar-refractivity contribution in [2.75, 3.05) is 0 Å². The van der Waals surface area contributed by atoms with Crippen molar-refractivity contribution in [1.29, 1.82) is 0 Å². The van der Waals surface area contributed by atoms with Crippen LogP contribution in [0.1, 0.15) is 70.6 Å². The molecule has 2 fully saturated rings. The zero-order valence-electron chi connectivity index (χ0n) is 13.0. The molecule has 22 heavy (non-hydrogen) atoms. The number of hydrogen-bond donors (Lipinski definition) is 1. The molecule has 2 aliphatic carbocycles. The van der Waals surface area contributed by atoms with Crippen molar-refractivity contribution in [1.82, 2.24) is 4.90 Å². The Labute approximate surface area is 161 Å². The third-order valence-electron chi connectivity index (χ3n) is 4.55. The summed E-state index contributed by atoms with van der Waals surface area (Å²) in [4.78, 5) is 25.5. The van der Waals surface area contributed by atoms with Gasteiger partial charge >= 0.3 is 21.7 Å². The number of hydrogen-bond acceptors (Lipinski definition) is 2. The maximum atomic E-state index is 12.4. The van der Waals surface area contributed by atoms with Gasteiger partial charge in [0.1, 0.15) is 6.42 Å². The fourth-order valence-corrected chi connectivity index (χ4v) is 3.66. The van der Waals surface area contributed by atoms with Gasteiger partial charge in [-0.25, -0.2) is 0 Å². The Balaban J connectivity index is 0. The summed E-state index contributed by atoms with van der Waals surface area (Å²) in [6, 6.07) is 0.701. The molecule has 7 heteroatoms. The molecule has 0 heterocycles. The third kappa shape index (κ3) is 7.20. The van der Waals surface area contributed by atoms with Crippen molar-refractivity contribution < 1.29 is 56.1 Å². The van der Waals surface area contributed by atoms with Crippen LogP contribution in [-0.2, 0) is 31.3 Å². The number of primary amides is 1. The van der Waals surface area contributed by atoms with Crippen LogP contribution in [0.4, 0.5) is 0 Å². The maximum Gasteiger partial charge on any atom is 2.00 e. The van der Waals surface area contributed by atoms with Gasteiger partial charge in [-0.05, 0) is 25.7 Å². The van der Waals surface area contributed by atoms with Crippen LogP contribution in [0.25, 0.3) is 0 Å². The molecular weight excluding hydrogens is 359 g/mol. The minimum atomic E-state index is -0.499. The Morgan fingerprint density at radius 3 is 1.50 bits per heavy atom. The van der Waals surface area contributed by atoms with Gasteiger partial charge in [-0.3, -0.25) is 9.59 Å².